The zero-order chi connectivity index (χ0) is 11.3. The van der Waals surface area contributed by atoms with Gasteiger partial charge in [-0.15, -0.1) is 0 Å². The number of rotatable bonds is 2. The minimum absolute atomic E-state index is 0.108. The number of benzene rings is 1. The number of imidazole rings is 1. The second-order valence-corrected chi connectivity index (χ2v) is 4.99. The van der Waals surface area contributed by atoms with E-state index < -0.39 is 0 Å². The molecule has 0 amide bonds. The average molecular weight is 236 g/mol. The van der Waals surface area contributed by atoms with Crippen molar-refractivity contribution in [2.75, 3.05) is 6.54 Å². The van der Waals surface area contributed by atoms with Gasteiger partial charge in [-0.25, -0.2) is 4.98 Å². The number of halogens is 1. The Bertz CT molecular complexity index is 555. The number of hydrogen-bond acceptors (Lipinski definition) is 2. The summed E-state index contributed by atoms with van der Waals surface area (Å²) in [4.78, 5) is 4.68. The maximum Gasteiger partial charge on any atom is 0.117 e. The molecular weight excluding hydrogens is 222 g/mol. The maximum atomic E-state index is 6.20. The molecule has 3 rings (SSSR count). The first kappa shape index (κ1) is 10.1. The van der Waals surface area contributed by atoms with Crippen LogP contribution in [0, 0.1) is 0 Å². The van der Waals surface area contributed by atoms with Gasteiger partial charge in [0.05, 0.1) is 16.1 Å². The first-order valence-electron chi connectivity index (χ1n) is 5.49. The quantitative estimate of drug-likeness (QED) is 0.868. The summed E-state index contributed by atoms with van der Waals surface area (Å²) in [6.07, 6.45) is 2.27. The normalized spacial score (nSPS) is 17.9. The smallest absolute Gasteiger partial charge is 0.117 e. The highest BCUT2D eigenvalue weighted by Gasteiger charge is 2.46. The fourth-order valence-electron chi connectivity index (χ4n) is 2.37. The van der Waals surface area contributed by atoms with Gasteiger partial charge in [-0.3, -0.25) is 0 Å². The molecule has 1 aromatic carbocycles. The molecule has 0 aliphatic heterocycles. The van der Waals surface area contributed by atoms with Crippen LogP contribution in [0.3, 0.4) is 0 Å². The van der Waals surface area contributed by atoms with Gasteiger partial charge in [0.15, 0.2) is 0 Å². The van der Waals surface area contributed by atoms with Crippen molar-refractivity contribution in [1.82, 2.24) is 9.55 Å². The largest absolute Gasteiger partial charge is 0.329 e. The van der Waals surface area contributed by atoms with E-state index in [0.29, 0.717) is 6.54 Å². The molecule has 1 fully saturated rings. The van der Waals surface area contributed by atoms with Crippen LogP contribution in [0.5, 0.6) is 0 Å². The molecule has 4 heteroatoms. The summed E-state index contributed by atoms with van der Waals surface area (Å²) in [5.74, 6) is 1.08. The highest BCUT2D eigenvalue weighted by molar-refractivity contribution is 6.35. The van der Waals surface area contributed by atoms with Crippen LogP contribution in [-0.2, 0) is 12.5 Å². The molecule has 16 heavy (non-hydrogen) atoms. The second-order valence-electron chi connectivity index (χ2n) is 4.59. The third-order valence-electron chi connectivity index (χ3n) is 3.56. The lowest BCUT2D eigenvalue weighted by molar-refractivity contribution is 0.621. The topological polar surface area (TPSA) is 43.8 Å². The molecule has 84 valence electrons. The van der Waals surface area contributed by atoms with Crippen molar-refractivity contribution >= 4 is 22.6 Å². The number of aryl methyl sites for hydroxylation is 1. The van der Waals surface area contributed by atoms with E-state index >= 15 is 0 Å². The molecule has 1 aromatic heterocycles. The predicted octanol–water partition coefficient (Wildman–Crippen LogP) is 2.22. The summed E-state index contributed by atoms with van der Waals surface area (Å²) in [7, 11) is 2.02. The Morgan fingerprint density at radius 2 is 2.25 bits per heavy atom. The van der Waals surface area contributed by atoms with Crippen LogP contribution < -0.4 is 5.73 Å². The van der Waals surface area contributed by atoms with Crippen molar-refractivity contribution in [2.24, 2.45) is 12.8 Å². The summed E-state index contributed by atoms with van der Waals surface area (Å²) in [6.45, 7) is 0.668. The molecule has 0 saturated heterocycles. The summed E-state index contributed by atoms with van der Waals surface area (Å²) in [6, 6.07) is 5.83. The third kappa shape index (κ3) is 1.22. The average Bonchev–Trinajstić information content (AvgIpc) is 2.99. The number of aromatic nitrogens is 2. The molecule has 2 N–H and O–H groups in total. The summed E-state index contributed by atoms with van der Waals surface area (Å²) in [5.41, 5.74) is 7.93. The van der Waals surface area contributed by atoms with Gasteiger partial charge in [0.25, 0.3) is 0 Å². The molecule has 0 spiro atoms. The molecule has 0 bridgehead atoms. The van der Waals surface area contributed by atoms with Crippen molar-refractivity contribution in [3.63, 3.8) is 0 Å². The Kier molecular flexibility index (Phi) is 2.03. The molecule has 3 nitrogen and oxygen atoms in total. The number of nitrogens with two attached hydrogens (primary N) is 1. The SMILES string of the molecule is Cn1c(C2(CN)CC2)nc2cccc(Cl)c21. The molecule has 1 aliphatic rings. The lowest BCUT2D eigenvalue weighted by atomic mass is 10.1. The van der Waals surface area contributed by atoms with E-state index in [1.165, 1.54) is 0 Å². The Morgan fingerprint density at radius 3 is 2.81 bits per heavy atom. The molecular formula is C12H14ClN3. The van der Waals surface area contributed by atoms with Gasteiger partial charge in [0.1, 0.15) is 5.82 Å². The molecule has 1 heterocycles. The van der Waals surface area contributed by atoms with Gasteiger partial charge >= 0.3 is 0 Å². The van der Waals surface area contributed by atoms with Crippen molar-refractivity contribution in [3.05, 3.63) is 29.0 Å². The fourth-order valence-corrected chi connectivity index (χ4v) is 2.66. The summed E-state index contributed by atoms with van der Waals surface area (Å²) >= 11 is 6.20. The zero-order valence-electron chi connectivity index (χ0n) is 9.20. The number of nitrogens with zero attached hydrogens (tertiary/aromatic N) is 2. The van der Waals surface area contributed by atoms with Crippen molar-refractivity contribution < 1.29 is 0 Å². The summed E-state index contributed by atoms with van der Waals surface area (Å²) < 4.78 is 2.09. The molecule has 1 aliphatic carbocycles. The van der Waals surface area contributed by atoms with Gasteiger partial charge in [0.2, 0.25) is 0 Å². The van der Waals surface area contributed by atoms with Crippen LogP contribution >= 0.6 is 11.6 Å². The molecule has 0 unspecified atom stereocenters. The van der Waals surface area contributed by atoms with E-state index in [1.54, 1.807) is 0 Å². The van der Waals surface area contributed by atoms with Crippen LogP contribution in [0.15, 0.2) is 18.2 Å². The molecule has 1 saturated carbocycles. The van der Waals surface area contributed by atoms with E-state index in [1.807, 2.05) is 25.2 Å². The van der Waals surface area contributed by atoms with Crippen molar-refractivity contribution in [2.45, 2.75) is 18.3 Å². The number of hydrogen-bond donors (Lipinski definition) is 1. The number of para-hydroxylation sites is 1. The van der Waals surface area contributed by atoms with Crippen LogP contribution in [0.2, 0.25) is 5.02 Å². The van der Waals surface area contributed by atoms with E-state index in [4.69, 9.17) is 17.3 Å². The van der Waals surface area contributed by atoms with Crippen molar-refractivity contribution in [1.29, 1.82) is 0 Å². The van der Waals surface area contributed by atoms with Crippen molar-refractivity contribution in [3.8, 4) is 0 Å². The second kappa shape index (κ2) is 3.22. The first-order chi connectivity index (χ1) is 7.68. The van der Waals surface area contributed by atoms with Crippen LogP contribution in [-0.4, -0.2) is 16.1 Å². The first-order valence-corrected chi connectivity index (χ1v) is 5.87. The summed E-state index contributed by atoms with van der Waals surface area (Å²) in [5, 5.41) is 0.756. The maximum absolute atomic E-state index is 6.20. The Labute approximate surface area is 99.2 Å². The monoisotopic (exact) mass is 235 g/mol. The fraction of sp³-hybridized carbons (Fsp3) is 0.417. The predicted molar refractivity (Wildman–Crippen MR) is 65.7 cm³/mol. The Balaban J connectivity index is 2.28. The minimum atomic E-state index is 0.108. The molecule has 0 atom stereocenters. The Morgan fingerprint density at radius 1 is 1.50 bits per heavy atom. The van der Waals surface area contributed by atoms with Gasteiger partial charge < -0.3 is 10.3 Å². The van der Waals surface area contributed by atoms with Crippen LogP contribution in [0.25, 0.3) is 11.0 Å². The highest BCUT2D eigenvalue weighted by atomic mass is 35.5. The van der Waals surface area contributed by atoms with E-state index in [0.717, 1.165) is 34.7 Å². The van der Waals surface area contributed by atoms with Crippen LogP contribution in [0.4, 0.5) is 0 Å². The van der Waals surface area contributed by atoms with Crippen LogP contribution in [0.1, 0.15) is 18.7 Å². The van der Waals surface area contributed by atoms with E-state index in [-0.39, 0.29) is 5.41 Å². The standard InChI is InChI=1S/C12H14ClN3/c1-16-10-8(13)3-2-4-9(10)15-11(16)12(7-14)5-6-12/h2-4H,5-7,14H2,1H3. The van der Waals surface area contributed by atoms with Gasteiger partial charge in [-0.2, -0.15) is 0 Å². The lowest BCUT2D eigenvalue weighted by Crippen LogP contribution is -2.23. The third-order valence-corrected chi connectivity index (χ3v) is 3.87. The molecule has 2 aromatic rings. The highest BCUT2D eigenvalue weighted by Crippen LogP contribution is 2.47. The number of fused-ring (bicyclic) bond motifs is 1. The van der Waals surface area contributed by atoms with Gasteiger partial charge in [-0.1, -0.05) is 17.7 Å². The molecule has 0 radical (unpaired) electrons. The van der Waals surface area contributed by atoms with E-state index in [9.17, 15) is 0 Å². The zero-order valence-corrected chi connectivity index (χ0v) is 9.96. The Hall–Kier alpha value is -1.06. The van der Waals surface area contributed by atoms with Gasteiger partial charge in [0, 0.05) is 19.0 Å². The van der Waals surface area contributed by atoms with E-state index in [2.05, 4.69) is 9.55 Å². The lowest BCUT2D eigenvalue weighted by Gasteiger charge is -2.11. The minimum Gasteiger partial charge on any atom is -0.329 e. The van der Waals surface area contributed by atoms with Gasteiger partial charge in [-0.05, 0) is 25.0 Å².